The van der Waals surface area contributed by atoms with Gasteiger partial charge in [0.2, 0.25) is 5.13 Å². The van der Waals surface area contributed by atoms with E-state index in [0.29, 0.717) is 5.01 Å². The lowest BCUT2D eigenvalue weighted by Crippen LogP contribution is -2.69. The lowest BCUT2D eigenvalue weighted by atomic mass is 10.1. The minimum absolute atomic E-state index is 0.0549. The molecule has 0 aliphatic rings. The summed E-state index contributed by atoms with van der Waals surface area (Å²) in [6.45, 7) is 2.58. The Hall–Kier alpha value is -2.69. The molecule has 0 saturated heterocycles. The van der Waals surface area contributed by atoms with Crippen LogP contribution in [-0.4, -0.2) is 40.5 Å². The second kappa shape index (κ2) is 7.68. The number of halogens is 3. The van der Waals surface area contributed by atoms with Gasteiger partial charge in [-0.3, -0.25) is 4.79 Å². The number of alkyl halides is 3. The molecule has 7 nitrogen and oxygen atoms in total. The standard InChI is InChI=1S/C15H15F3N4O3S/c1-3-25-12(24)14(15(16,17)18,20-13-22-21-9(2)26-13)19-11(23)10-7-5-4-6-8-10/h4-8H,3H2,1-2H3,(H,19,23)(H,20,22)/t14-/m1/s1. The van der Waals surface area contributed by atoms with Gasteiger partial charge in [-0.25, -0.2) is 4.79 Å². The monoisotopic (exact) mass is 388 g/mol. The molecule has 140 valence electrons. The van der Waals surface area contributed by atoms with Gasteiger partial charge in [0.05, 0.1) is 6.61 Å². The molecule has 0 saturated carbocycles. The van der Waals surface area contributed by atoms with Crippen LogP contribution in [0.4, 0.5) is 18.3 Å². The van der Waals surface area contributed by atoms with Crippen molar-refractivity contribution in [1.82, 2.24) is 15.5 Å². The SMILES string of the molecule is CCOC(=O)[C@@](NC(=O)c1ccccc1)(Nc1nnc(C)s1)C(F)(F)F. The van der Waals surface area contributed by atoms with Crippen molar-refractivity contribution in [2.75, 3.05) is 11.9 Å². The van der Waals surface area contributed by atoms with Crippen molar-refractivity contribution in [3.8, 4) is 0 Å². The average molecular weight is 388 g/mol. The van der Waals surface area contributed by atoms with E-state index in [1.165, 1.54) is 38.1 Å². The molecule has 0 spiro atoms. The number of nitrogens with one attached hydrogen (secondary N) is 2. The summed E-state index contributed by atoms with van der Waals surface area (Å²) in [6, 6.07) is 7.20. The predicted molar refractivity (Wildman–Crippen MR) is 87.6 cm³/mol. The summed E-state index contributed by atoms with van der Waals surface area (Å²) in [7, 11) is 0. The van der Waals surface area contributed by atoms with Gasteiger partial charge in [0, 0.05) is 5.56 Å². The molecule has 0 radical (unpaired) electrons. The fourth-order valence-corrected chi connectivity index (χ4v) is 2.62. The molecule has 0 bridgehead atoms. The molecule has 26 heavy (non-hydrogen) atoms. The van der Waals surface area contributed by atoms with E-state index in [0.717, 1.165) is 11.3 Å². The number of anilines is 1. The molecule has 0 fully saturated rings. The summed E-state index contributed by atoms with van der Waals surface area (Å²) in [5.41, 5.74) is -3.57. The van der Waals surface area contributed by atoms with Crippen LogP contribution in [0.3, 0.4) is 0 Å². The number of benzene rings is 1. The minimum Gasteiger partial charge on any atom is -0.463 e. The van der Waals surface area contributed by atoms with Crippen LogP contribution in [0.1, 0.15) is 22.3 Å². The first-order chi connectivity index (χ1) is 12.2. The molecule has 1 heterocycles. The third-order valence-corrected chi connectivity index (χ3v) is 3.92. The zero-order chi connectivity index (χ0) is 19.4. The molecule has 1 atom stereocenters. The van der Waals surface area contributed by atoms with Crippen LogP contribution >= 0.6 is 11.3 Å². The molecule has 2 N–H and O–H groups in total. The highest BCUT2D eigenvalue weighted by Gasteiger charge is 2.64. The number of esters is 1. The van der Waals surface area contributed by atoms with Gasteiger partial charge in [-0.05, 0) is 26.0 Å². The third-order valence-electron chi connectivity index (χ3n) is 3.16. The topological polar surface area (TPSA) is 93.2 Å². The number of amides is 1. The molecule has 2 rings (SSSR count). The van der Waals surface area contributed by atoms with E-state index in [1.54, 1.807) is 11.4 Å². The van der Waals surface area contributed by atoms with E-state index in [2.05, 4.69) is 14.9 Å². The fraction of sp³-hybridized carbons (Fsp3) is 0.333. The second-order valence-corrected chi connectivity index (χ2v) is 6.22. The van der Waals surface area contributed by atoms with Gasteiger partial charge in [0.15, 0.2) is 0 Å². The van der Waals surface area contributed by atoms with Crippen LogP contribution in [-0.2, 0) is 9.53 Å². The second-order valence-electron chi connectivity index (χ2n) is 5.04. The number of nitrogens with zero attached hydrogens (tertiary/aromatic N) is 2. The van der Waals surface area contributed by atoms with E-state index in [4.69, 9.17) is 0 Å². The minimum atomic E-state index is -5.22. The Morgan fingerprint density at radius 1 is 1.19 bits per heavy atom. The zero-order valence-corrected chi connectivity index (χ0v) is 14.6. The van der Waals surface area contributed by atoms with Gasteiger partial charge in [-0.2, -0.15) is 13.2 Å². The van der Waals surface area contributed by atoms with E-state index < -0.39 is 23.7 Å². The molecule has 0 aliphatic carbocycles. The van der Waals surface area contributed by atoms with Crippen molar-refractivity contribution in [3.05, 3.63) is 40.9 Å². The maximum absolute atomic E-state index is 13.9. The van der Waals surface area contributed by atoms with E-state index in [9.17, 15) is 22.8 Å². The fourth-order valence-electron chi connectivity index (χ4n) is 1.97. The molecule has 1 aromatic carbocycles. The highest BCUT2D eigenvalue weighted by molar-refractivity contribution is 7.15. The predicted octanol–water partition coefficient (Wildman–Crippen LogP) is 2.51. The number of aromatic nitrogens is 2. The van der Waals surface area contributed by atoms with E-state index >= 15 is 0 Å². The molecule has 0 aliphatic heterocycles. The first-order valence-corrected chi connectivity index (χ1v) is 8.21. The summed E-state index contributed by atoms with van der Waals surface area (Å²) < 4.78 is 46.3. The third kappa shape index (κ3) is 4.10. The Morgan fingerprint density at radius 2 is 1.85 bits per heavy atom. The largest absolute Gasteiger partial charge is 0.463 e. The van der Waals surface area contributed by atoms with E-state index in [-0.39, 0.29) is 17.3 Å². The zero-order valence-electron chi connectivity index (χ0n) is 13.8. The van der Waals surface area contributed by atoms with Gasteiger partial charge in [0.25, 0.3) is 5.91 Å². The Balaban J connectivity index is 2.47. The molecule has 1 amide bonds. The van der Waals surface area contributed by atoms with Crippen molar-refractivity contribution < 1.29 is 27.5 Å². The molecular weight excluding hydrogens is 373 g/mol. The highest BCUT2D eigenvalue weighted by Crippen LogP contribution is 2.34. The summed E-state index contributed by atoms with van der Waals surface area (Å²) in [5, 5.41) is 10.9. The van der Waals surface area contributed by atoms with Gasteiger partial charge in [0.1, 0.15) is 5.01 Å². The number of ether oxygens (including phenoxy) is 1. The molecule has 1 aromatic heterocycles. The number of rotatable bonds is 6. The molecular formula is C15H15F3N4O3S. The van der Waals surface area contributed by atoms with Crippen LogP contribution in [0.25, 0.3) is 0 Å². The maximum atomic E-state index is 13.9. The quantitative estimate of drug-likeness (QED) is 0.584. The van der Waals surface area contributed by atoms with Gasteiger partial charge in [-0.15, -0.1) is 10.2 Å². The van der Waals surface area contributed by atoms with Crippen LogP contribution in [0.2, 0.25) is 0 Å². The number of carbonyl (C=O) groups excluding carboxylic acids is 2. The van der Waals surface area contributed by atoms with Gasteiger partial charge in [-0.1, -0.05) is 29.5 Å². The van der Waals surface area contributed by atoms with Crippen molar-refractivity contribution in [2.24, 2.45) is 0 Å². The maximum Gasteiger partial charge on any atom is 0.442 e. The van der Waals surface area contributed by atoms with Gasteiger partial charge >= 0.3 is 17.8 Å². The average Bonchev–Trinajstić information content (AvgIpc) is 2.99. The Bertz CT molecular complexity index is 782. The first-order valence-electron chi connectivity index (χ1n) is 7.39. The normalized spacial score (nSPS) is 13.6. The number of aryl methyl sites for hydroxylation is 1. The van der Waals surface area contributed by atoms with E-state index in [1.807, 2.05) is 5.32 Å². The lowest BCUT2D eigenvalue weighted by molar-refractivity contribution is -0.204. The van der Waals surface area contributed by atoms with Crippen LogP contribution in [0, 0.1) is 6.92 Å². The Morgan fingerprint density at radius 3 is 2.35 bits per heavy atom. The summed E-state index contributed by atoms with van der Waals surface area (Å²) >= 11 is 0.797. The number of hydrogen-bond donors (Lipinski definition) is 2. The van der Waals surface area contributed by atoms with Crippen LogP contribution in [0.15, 0.2) is 30.3 Å². The first kappa shape index (κ1) is 19.6. The molecule has 2 aromatic rings. The van der Waals surface area contributed by atoms with Crippen LogP contribution in [0.5, 0.6) is 0 Å². The summed E-state index contributed by atoms with van der Waals surface area (Å²) in [5.74, 6) is -2.81. The molecule has 11 heteroatoms. The van der Waals surface area contributed by atoms with Crippen molar-refractivity contribution in [2.45, 2.75) is 25.7 Å². The Kier molecular flexibility index (Phi) is 5.80. The molecule has 0 unspecified atom stereocenters. The highest BCUT2D eigenvalue weighted by atomic mass is 32.1. The van der Waals surface area contributed by atoms with Crippen molar-refractivity contribution in [1.29, 1.82) is 0 Å². The smallest absolute Gasteiger partial charge is 0.442 e. The number of carbonyl (C=O) groups is 2. The lowest BCUT2D eigenvalue weighted by Gasteiger charge is -2.34. The van der Waals surface area contributed by atoms with Crippen molar-refractivity contribution in [3.63, 3.8) is 0 Å². The van der Waals surface area contributed by atoms with Gasteiger partial charge < -0.3 is 15.4 Å². The Labute approximate surface area is 150 Å². The summed E-state index contributed by atoms with van der Waals surface area (Å²) in [4.78, 5) is 24.5. The summed E-state index contributed by atoms with van der Waals surface area (Å²) in [6.07, 6.45) is -5.22. The number of hydrogen-bond acceptors (Lipinski definition) is 7. The van der Waals surface area contributed by atoms with Crippen molar-refractivity contribution >= 4 is 28.3 Å². The van der Waals surface area contributed by atoms with Crippen LogP contribution < -0.4 is 10.6 Å².